The quantitative estimate of drug-likeness (QED) is 0.875. The molecule has 0 bridgehead atoms. The minimum absolute atomic E-state index is 0.160. The predicted molar refractivity (Wildman–Crippen MR) is 76.6 cm³/mol. The van der Waals surface area contributed by atoms with Gasteiger partial charge in [0.2, 0.25) is 0 Å². The fourth-order valence-electron chi connectivity index (χ4n) is 1.52. The molecule has 0 aliphatic rings. The van der Waals surface area contributed by atoms with Gasteiger partial charge in [0, 0.05) is 10.9 Å². The number of esters is 1. The zero-order chi connectivity index (χ0) is 14.5. The number of rotatable bonds is 4. The molecule has 1 amide bonds. The molecule has 1 heterocycles. The van der Waals surface area contributed by atoms with Crippen molar-refractivity contribution in [1.29, 1.82) is 0 Å². The number of carbonyl (C=O) groups is 2. The first-order valence-electron chi connectivity index (χ1n) is 5.97. The van der Waals surface area contributed by atoms with Crippen molar-refractivity contribution in [3.63, 3.8) is 0 Å². The van der Waals surface area contributed by atoms with Crippen LogP contribution in [-0.2, 0) is 9.53 Å². The van der Waals surface area contributed by atoms with Crippen LogP contribution in [0.3, 0.4) is 0 Å². The van der Waals surface area contributed by atoms with E-state index in [1.165, 1.54) is 24.0 Å². The summed E-state index contributed by atoms with van der Waals surface area (Å²) >= 11 is 1.39. The minimum atomic E-state index is -0.493. The Hall–Kier alpha value is -2.21. The second-order valence-electron chi connectivity index (χ2n) is 4.16. The molecule has 0 saturated heterocycles. The Bertz CT molecular complexity index is 620. The molecule has 0 aliphatic heterocycles. The van der Waals surface area contributed by atoms with E-state index in [4.69, 9.17) is 0 Å². The molecule has 5 nitrogen and oxygen atoms in total. The monoisotopic (exact) mass is 290 g/mol. The third-order valence-electron chi connectivity index (χ3n) is 2.66. The molecule has 20 heavy (non-hydrogen) atoms. The van der Waals surface area contributed by atoms with Crippen molar-refractivity contribution in [3.05, 3.63) is 40.9 Å². The average molecular weight is 290 g/mol. The van der Waals surface area contributed by atoms with Gasteiger partial charge in [-0.25, -0.2) is 4.98 Å². The second-order valence-corrected chi connectivity index (χ2v) is 5.02. The van der Waals surface area contributed by atoms with Gasteiger partial charge in [-0.3, -0.25) is 9.59 Å². The number of aromatic nitrogens is 1. The number of methoxy groups -OCH3 is 1. The number of amides is 1. The van der Waals surface area contributed by atoms with E-state index in [1.54, 1.807) is 5.38 Å². The predicted octanol–water partition coefficient (Wildman–Crippen LogP) is 2.02. The van der Waals surface area contributed by atoms with Crippen molar-refractivity contribution in [2.45, 2.75) is 6.92 Å². The summed E-state index contributed by atoms with van der Waals surface area (Å²) in [7, 11) is 1.27. The maximum atomic E-state index is 11.8. The van der Waals surface area contributed by atoms with E-state index in [9.17, 15) is 9.59 Å². The van der Waals surface area contributed by atoms with Gasteiger partial charge in [-0.1, -0.05) is 29.8 Å². The van der Waals surface area contributed by atoms with Crippen LogP contribution in [0.15, 0.2) is 29.6 Å². The Kier molecular flexibility index (Phi) is 4.47. The van der Waals surface area contributed by atoms with E-state index in [-0.39, 0.29) is 12.5 Å². The average Bonchev–Trinajstić information content (AvgIpc) is 2.95. The van der Waals surface area contributed by atoms with Gasteiger partial charge in [-0.15, -0.1) is 11.3 Å². The lowest BCUT2D eigenvalue weighted by molar-refractivity contribution is -0.139. The molecule has 2 aromatic rings. The molecule has 0 saturated carbocycles. The fraction of sp³-hybridized carbons (Fsp3) is 0.214. The summed E-state index contributed by atoms with van der Waals surface area (Å²) in [6, 6.07) is 7.91. The molecule has 0 radical (unpaired) electrons. The van der Waals surface area contributed by atoms with E-state index in [0.29, 0.717) is 5.69 Å². The van der Waals surface area contributed by atoms with Crippen LogP contribution in [0.4, 0.5) is 0 Å². The first kappa shape index (κ1) is 14.2. The highest BCUT2D eigenvalue weighted by Gasteiger charge is 2.12. The van der Waals surface area contributed by atoms with Crippen LogP contribution in [0.5, 0.6) is 0 Å². The van der Waals surface area contributed by atoms with Gasteiger partial charge in [0.25, 0.3) is 5.91 Å². The van der Waals surface area contributed by atoms with Crippen molar-refractivity contribution >= 4 is 23.2 Å². The normalized spacial score (nSPS) is 10.1. The summed E-state index contributed by atoms with van der Waals surface area (Å²) in [6.07, 6.45) is 0. The van der Waals surface area contributed by atoms with Gasteiger partial charge in [0.05, 0.1) is 7.11 Å². The van der Waals surface area contributed by atoms with Crippen LogP contribution < -0.4 is 5.32 Å². The number of nitrogens with one attached hydrogen (secondary N) is 1. The number of ether oxygens (including phenoxy) is 1. The number of hydrogen-bond donors (Lipinski definition) is 1. The number of benzene rings is 1. The van der Waals surface area contributed by atoms with Crippen molar-refractivity contribution < 1.29 is 14.3 Å². The summed E-state index contributed by atoms with van der Waals surface area (Å²) in [6.45, 7) is 1.85. The maximum Gasteiger partial charge on any atom is 0.325 e. The van der Waals surface area contributed by atoms with Gasteiger partial charge in [0.15, 0.2) is 0 Å². The molecule has 1 aromatic carbocycles. The van der Waals surface area contributed by atoms with Crippen molar-refractivity contribution in [1.82, 2.24) is 10.3 Å². The van der Waals surface area contributed by atoms with Crippen molar-refractivity contribution in [3.8, 4) is 10.6 Å². The van der Waals surface area contributed by atoms with Gasteiger partial charge in [-0.2, -0.15) is 0 Å². The molecule has 1 aromatic heterocycles. The number of aryl methyl sites for hydroxylation is 1. The van der Waals surface area contributed by atoms with Gasteiger partial charge in [-0.05, 0) is 6.92 Å². The summed E-state index contributed by atoms with van der Waals surface area (Å²) in [5.74, 6) is -0.877. The lowest BCUT2D eigenvalue weighted by Crippen LogP contribution is -2.30. The molecule has 0 aliphatic carbocycles. The Morgan fingerprint density at radius 2 is 2.00 bits per heavy atom. The molecular weight excluding hydrogens is 276 g/mol. The van der Waals surface area contributed by atoms with Crippen molar-refractivity contribution in [2.75, 3.05) is 13.7 Å². The topological polar surface area (TPSA) is 68.3 Å². The molecule has 104 valence electrons. The Morgan fingerprint density at radius 3 is 2.65 bits per heavy atom. The molecule has 2 rings (SSSR count). The van der Waals surface area contributed by atoms with Crippen LogP contribution in [0.1, 0.15) is 16.1 Å². The number of hydrogen-bond acceptors (Lipinski definition) is 5. The molecule has 0 atom stereocenters. The highest BCUT2D eigenvalue weighted by molar-refractivity contribution is 7.13. The van der Waals surface area contributed by atoms with Crippen LogP contribution in [0.2, 0.25) is 0 Å². The van der Waals surface area contributed by atoms with Crippen molar-refractivity contribution in [2.24, 2.45) is 0 Å². The lowest BCUT2D eigenvalue weighted by Gasteiger charge is -2.01. The molecule has 1 N–H and O–H groups in total. The van der Waals surface area contributed by atoms with E-state index < -0.39 is 5.97 Å². The Morgan fingerprint density at radius 1 is 1.30 bits per heavy atom. The van der Waals surface area contributed by atoms with Gasteiger partial charge in [0.1, 0.15) is 17.2 Å². The van der Waals surface area contributed by atoms with E-state index in [0.717, 1.165) is 10.6 Å². The Labute approximate surface area is 120 Å². The van der Waals surface area contributed by atoms with Crippen LogP contribution in [0, 0.1) is 6.92 Å². The summed E-state index contributed by atoms with van der Waals surface area (Å²) < 4.78 is 4.45. The van der Waals surface area contributed by atoms with E-state index >= 15 is 0 Å². The van der Waals surface area contributed by atoms with Crippen LogP contribution >= 0.6 is 11.3 Å². The molecule has 0 unspecified atom stereocenters. The number of thiazole rings is 1. The molecular formula is C14H14N2O3S. The van der Waals surface area contributed by atoms with Crippen LogP contribution in [-0.4, -0.2) is 30.5 Å². The SMILES string of the molecule is COC(=O)CNC(=O)c1csc(-c2ccc(C)cc2)n1. The highest BCUT2D eigenvalue weighted by atomic mass is 32.1. The molecule has 0 spiro atoms. The van der Waals surface area contributed by atoms with E-state index in [2.05, 4.69) is 15.0 Å². The smallest absolute Gasteiger partial charge is 0.325 e. The molecule has 0 fully saturated rings. The first-order chi connectivity index (χ1) is 9.60. The first-order valence-corrected chi connectivity index (χ1v) is 6.85. The van der Waals surface area contributed by atoms with Gasteiger partial charge >= 0.3 is 5.97 Å². The highest BCUT2D eigenvalue weighted by Crippen LogP contribution is 2.23. The second kappa shape index (κ2) is 6.29. The third kappa shape index (κ3) is 3.42. The fourth-order valence-corrected chi connectivity index (χ4v) is 2.33. The standard InChI is InChI=1S/C14H14N2O3S/c1-9-3-5-10(6-4-9)14-16-11(8-20-14)13(18)15-7-12(17)19-2/h3-6,8H,7H2,1-2H3,(H,15,18). The summed E-state index contributed by atoms with van der Waals surface area (Å²) in [5.41, 5.74) is 2.43. The summed E-state index contributed by atoms with van der Waals surface area (Å²) in [4.78, 5) is 27.0. The molecule has 6 heteroatoms. The van der Waals surface area contributed by atoms with E-state index in [1.807, 2.05) is 31.2 Å². The van der Waals surface area contributed by atoms with Crippen LogP contribution in [0.25, 0.3) is 10.6 Å². The Balaban J connectivity index is 2.06. The van der Waals surface area contributed by atoms with Gasteiger partial charge < -0.3 is 10.1 Å². The zero-order valence-corrected chi connectivity index (χ0v) is 12.0. The number of nitrogens with zero attached hydrogens (tertiary/aromatic N) is 1. The summed E-state index contributed by atoms with van der Waals surface area (Å²) in [5, 5.41) is 4.89. The largest absolute Gasteiger partial charge is 0.468 e. The third-order valence-corrected chi connectivity index (χ3v) is 3.55. The lowest BCUT2D eigenvalue weighted by atomic mass is 10.2. The maximum absolute atomic E-state index is 11.8. The number of carbonyl (C=O) groups excluding carboxylic acids is 2. The minimum Gasteiger partial charge on any atom is -0.468 e. The zero-order valence-electron chi connectivity index (χ0n) is 11.2.